The van der Waals surface area contributed by atoms with E-state index < -0.39 is 6.10 Å². The summed E-state index contributed by atoms with van der Waals surface area (Å²) < 4.78 is 0. The van der Waals surface area contributed by atoms with Crippen LogP contribution < -0.4 is 5.73 Å². The minimum atomic E-state index is -0.627. The van der Waals surface area contributed by atoms with Crippen LogP contribution in [-0.4, -0.2) is 53.5 Å². The van der Waals surface area contributed by atoms with Crippen LogP contribution in [-0.2, 0) is 0 Å². The summed E-state index contributed by atoms with van der Waals surface area (Å²) in [5.41, 5.74) is 5.69. The van der Waals surface area contributed by atoms with Gasteiger partial charge in [-0.05, 0) is 25.3 Å². The van der Waals surface area contributed by atoms with Crippen LogP contribution >= 0.6 is 0 Å². The number of nitrogens with zero attached hydrogens (tertiary/aromatic N) is 1. The molecule has 1 aliphatic heterocycles. The molecular formula is C10H22N2O2. The minimum Gasteiger partial charge on any atom is -0.394 e. The van der Waals surface area contributed by atoms with Crippen molar-refractivity contribution in [3.05, 3.63) is 0 Å². The summed E-state index contributed by atoms with van der Waals surface area (Å²) in [6.07, 6.45) is 1.64. The van der Waals surface area contributed by atoms with Crippen molar-refractivity contribution in [1.29, 1.82) is 0 Å². The smallest absolute Gasteiger partial charge is 0.0897 e. The van der Waals surface area contributed by atoms with E-state index in [1.54, 1.807) is 0 Å². The Labute approximate surface area is 85.7 Å². The number of aliphatic hydroxyl groups is 2. The lowest BCUT2D eigenvalue weighted by molar-refractivity contribution is 0.0271. The van der Waals surface area contributed by atoms with Gasteiger partial charge < -0.3 is 15.9 Å². The lowest BCUT2D eigenvalue weighted by Crippen LogP contribution is -2.49. The zero-order valence-electron chi connectivity index (χ0n) is 8.89. The van der Waals surface area contributed by atoms with E-state index in [0.29, 0.717) is 19.1 Å². The number of piperidine rings is 1. The molecule has 14 heavy (non-hydrogen) atoms. The van der Waals surface area contributed by atoms with Crippen LogP contribution in [0.4, 0.5) is 0 Å². The second-order valence-electron chi connectivity index (χ2n) is 4.35. The van der Waals surface area contributed by atoms with Crippen LogP contribution in [0.5, 0.6) is 0 Å². The van der Waals surface area contributed by atoms with Crippen LogP contribution in [0.15, 0.2) is 0 Å². The van der Waals surface area contributed by atoms with Gasteiger partial charge in [-0.25, -0.2) is 0 Å². The van der Waals surface area contributed by atoms with Crippen LogP contribution in [0.2, 0.25) is 0 Å². The van der Waals surface area contributed by atoms with Crippen LogP contribution in [0.25, 0.3) is 0 Å². The summed E-state index contributed by atoms with van der Waals surface area (Å²) in [5.74, 6) is 0.728. The Hall–Kier alpha value is -0.160. The molecule has 1 aliphatic rings. The Bertz CT molecular complexity index is 166. The maximum Gasteiger partial charge on any atom is 0.0897 e. The van der Waals surface area contributed by atoms with E-state index in [1.165, 1.54) is 0 Å². The van der Waals surface area contributed by atoms with Gasteiger partial charge in [0.05, 0.1) is 12.7 Å². The Morgan fingerprint density at radius 3 is 2.86 bits per heavy atom. The summed E-state index contributed by atoms with van der Waals surface area (Å²) in [6, 6.07) is 0.375. The van der Waals surface area contributed by atoms with Crippen molar-refractivity contribution >= 4 is 0 Å². The highest BCUT2D eigenvalue weighted by atomic mass is 16.3. The molecule has 4 heteroatoms. The van der Waals surface area contributed by atoms with Crippen LogP contribution in [0.1, 0.15) is 19.8 Å². The first-order valence-electron chi connectivity index (χ1n) is 5.40. The number of β-amino-alcohol motifs (C(OH)–C–C–N with tert-alkyl or cyclic N) is 1. The molecule has 1 rings (SSSR count). The van der Waals surface area contributed by atoms with Crippen molar-refractivity contribution in [2.24, 2.45) is 11.7 Å². The van der Waals surface area contributed by atoms with Crippen LogP contribution in [0.3, 0.4) is 0 Å². The normalized spacial score (nSPS) is 31.7. The highest BCUT2D eigenvalue weighted by molar-refractivity contribution is 4.82. The Morgan fingerprint density at radius 1 is 1.57 bits per heavy atom. The molecule has 3 atom stereocenters. The number of likely N-dealkylation sites (tertiary alicyclic amines) is 1. The van der Waals surface area contributed by atoms with E-state index in [1.807, 2.05) is 0 Å². The van der Waals surface area contributed by atoms with Gasteiger partial charge in [0.25, 0.3) is 0 Å². The van der Waals surface area contributed by atoms with Crippen molar-refractivity contribution in [2.75, 3.05) is 26.2 Å². The highest BCUT2D eigenvalue weighted by Gasteiger charge is 2.26. The Kier molecular flexibility index (Phi) is 4.81. The fraction of sp³-hybridized carbons (Fsp3) is 1.00. The molecule has 0 spiro atoms. The van der Waals surface area contributed by atoms with Gasteiger partial charge in [0.2, 0.25) is 0 Å². The topological polar surface area (TPSA) is 69.7 Å². The van der Waals surface area contributed by atoms with Crippen molar-refractivity contribution in [3.8, 4) is 0 Å². The zero-order chi connectivity index (χ0) is 10.6. The quantitative estimate of drug-likeness (QED) is 0.569. The number of nitrogens with two attached hydrogens (primary N) is 1. The monoisotopic (exact) mass is 202 g/mol. The lowest BCUT2D eigenvalue weighted by atomic mass is 9.92. The summed E-state index contributed by atoms with van der Waals surface area (Å²) in [7, 11) is 0. The predicted octanol–water partition coefficient (Wildman–Crippen LogP) is -0.601. The van der Waals surface area contributed by atoms with E-state index >= 15 is 0 Å². The third-order valence-corrected chi connectivity index (χ3v) is 3.03. The van der Waals surface area contributed by atoms with Crippen molar-refractivity contribution in [2.45, 2.75) is 31.9 Å². The van der Waals surface area contributed by atoms with Crippen molar-refractivity contribution in [3.63, 3.8) is 0 Å². The standard InChI is InChI=1S/C10H22N2O2/c1-8-2-3-12(6-10(14)7-13)9(4-8)5-11/h8-10,13-14H,2-7,11H2,1H3. The fourth-order valence-electron chi connectivity index (χ4n) is 2.11. The Balaban J connectivity index is 2.41. The molecule has 0 bridgehead atoms. The largest absolute Gasteiger partial charge is 0.394 e. The maximum absolute atomic E-state index is 9.36. The molecule has 1 heterocycles. The lowest BCUT2D eigenvalue weighted by Gasteiger charge is -2.38. The van der Waals surface area contributed by atoms with Gasteiger partial charge in [-0.15, -0.1) is 0 Å². The van der Waals surface area contributed by atoms with Gasteiger partial charge in [-0.3, -0.25) is 4.90 Å². The number of aliphatic hydroxyl groups excluding tert-OH is 2. The van der Waals surface area contributed by atoms with Gasteiger partial charge in [-0.2, -0.15) is 0 Å². The molecule has 0 saturated carbocycles. The SMILES string of the molecule is CC1CCN(CC(O)CO)C(CN)C1. The Morgan fingerprint density at radius 2 is 2.29 bits per heavy atom. The average molecular weight is 202 g/mol. The van der Waals surface area contributed by atoms with Gasteiger partial charge in [-0.1, -0.05) is 6.92 Å². The molecule has 0 radical (unpaired) electrons. The maximum atomic E-state index is 9.36. The molecule has 0 aliphatic carbocycles. The first-order valence-corrected chi connectivity index (χ1v) is 5.40. The molecule has 1 fully saturated rings. The molecule has 3 unspecified atom stereocenters. The summed E-state index contributed by atoms with van der Waals surface area (Å²) in [4.78, 5) is 2.20. The van der Waals surface area contributed by atoms with Crippen molar-refractivity contribution in [1.82, 2.24) is 4.90 Å². The highest BCUT2D eigenvalue weighted by Crippen LogP contribution is 2.21. The molecule has 84 valence electrons. The average Bonchev–Trinajstić information content (AvgIpc) is 2.20. The third-order valence-electron chi connectivity index (χ3n) is 3.03. The molecule has 0 aromatic carbocycles. The third kappa shape index (κ3) is 3.20. The minimum absolute atomic E-state index is 0.163. The summed E-state index contributed by atoms with van der Waals surface area (Å²) in [5, 5.41) is 18.1. The molecule has 0 amide bonds. The van der Waals surface area contributed by atoms with Gasteiger partial charge in [0.15, 0.2) is 0 Å². The van der Waals surface area contributed by atoms with E-state index in [0.717, 1.165) is 25.3 Å². The molecule has 0 aromatic heterocycles. The van der Waals surface area contributed by atoms with E-state index in [4.69, 9.17) is 10.8 Å². The zero-order valence-corrected chi connectivity index (χ0v) is 8.89. The van der Waals surface area contributed by atoms with Crippen molar-refractivity contribution < 1.29 is 10.2 Å². The predicted molar refractivity (Wildman–Crippen MR) is 55.9 cm³/mol. The van der Waals surface area contributed by atoms with Gasteiger partial charge in [0, 0.05) is 19.1 Å². The number of rotatable bonds is 4. The number of hydrogen-bond donors (Lipinski definition) is 3. The first-order chi connectivity index (χ1) is 6.67. The molecule has 0 aromatic rings. The molecule has 1 saturated heterocycles. The molecule has 4 nitrogen and oxygen atoms in total. The fourth-order valence-corrected chi connectivity index (χ4v) is 2.11. The van der Waals surface area contributed by atoms with E-state index in [2.05, 4.69) is 11.8 Å². The molecule has 4 N–H and O–H groups in total. The number of hydrogen-bond acceptors (Lipinski definition) is 4. The second-order valence-corrected chi connectivity index (χ2v) is 4.35. The second kappa shape index (κ2) is 5.66. The summed E-state index contributed by atoms with van der Waals surface area (Å²) >= 11 is 0. The first kappa shape index (κ1) is 11.9. The summed E-state index contributed by atoms with van der Waals surface area (Å²) in [6.45, 7) is 4.25. The van der Waals surface area contributed by atoms with Gasteiger partial charge >= 0.3 is 0 Å². The van der Waals surface area contributed by atoms with E-state index in [9.17, 15) is 5.11 Å². The van der Waals surface area contributed by atoms with E-state index in [-0.39, 0.29) is 6.61 Å². The van der Waals surface area contributed by atoms with Gasteiger partial charge in [0.1, 0.15) is 0 Å². The van der Waals surface area contributed by atoms with Crippen LogP contribution in [0, 0.1) is 5.92 Å². The molecular weight excluding hydrogens is 180 g/mol.